The highest BCUT2D eigenvalue weighted by atomic mass is 16.2. The minimum atomic E-state index is 0.0459. The third-order valence-electron chi connectivity index (χ3n) is 3.71. The van der Waals surface area contributed by atoms with E-state index in [0.717, 1.165) is 24.5 Å². The third-order valence-corrected chi connectivity index (χ3v) is 3.71. The van der Waals surface area contributed by atoms with Crippen LogP contribution in [0.1, 0.15) is 5.56 Å². The van der Waals surface area contributed by atoms with E-state index < -0.39 is 0 Å². The monoisotopic (exact) mass is 297 g/mol. The Hall–Kier alpha value is -2.63. The van der Waals surface area contributed by atoms with E-state index in [1.54, 1.807) is 29.2 Å². The number of aromatic nitrogens is 3. The minimum Gasteiger partial charge on any atom is -0.353 e. The van der Waals surface area contributed by atoms with Gasteiger partial charge in [-0.25, -0.2) is 4.98 Å². The molecule has 0 N–H and O–H groups in total. The molecule has 2 aromatic heterocycles. The number of amides is 1. The third kappa shape index (κ3) is 3.33. The van der Waals surface area contributed by atoms with E-state index in [2.05, 4.69) is 15.0 Å². The Morgan fingerprint density at radius 2 is 2.05 bits per heavy atom. The van der Waals surface area contributed by atoms with Gasteiger partial charge in [0.1, 0.15) is 5.82 Å². The van der Waals surface area contributed by atoms with Crippen LogP contribution in [0.25, 0.3) is 6.08 Å². The van der Waals surface area contributed by atoms with Gasteiger partial charge in [0.05, 0.1) is 6.20 Å². The van der Waals surface area contributed by atoms with Crippen molar-refractivity contribution in [2.24, 2.45) is 7.05 Å². The van der Waals surface area contributed by atoms with Gasteiger partial charge in [-0.15, -0.1) is 0 Å². The molecule has 6 heteroatoms. The average molecular weight is 297 g/mol. The maximum absolute atomic E-state index is 12.2. The van der Waals surface area contributed by atoms with Crippen molar-refractivity contribution >= 4 is 17.8 Å². The van der Waals surface area contributed by atoms with Crippen LogP contribution in [0.3, 0.4) is 0 Å². The number of pyridine rings is 1. The maximum Gasteiger partial charge on any atom is 0.246 e. The van der Waals surface area contributed by atoms with Gasteiger partial charge in [-0.3, -0.25) is 9.48 Å². The summed E-state index contributed by atoms with van der Waals surface area (Å²) >= 11 is 0. The summed E-state index contributed by atoms with van der Waals surface area (Å²) in [6.45, 7) is 3.05. The molecule has 3 rings (SSSR count). The molecule has 0 saturated carbocycles. The van der Waals surface area contributed by atoms with Crippen molar-refractivity contribution < 1.29 is 4.79 Å². The van der Waals surface area contributed by atoms with Crippen LogP contribution in [0.2, 0.25) is 0 Å². The molecular formula is C16H19N5O. The van der Waals surface area contributed by atoms with Gasteiger partial charge in [-0.05, 0) is 18.2 Å². The minimum absolute atomic E-state index is 0.0459. The molecule has 3 heterocycles. The van der Waals surface area contributed by atoms with E-state index in [1.807, 2.05) is 36.3 Å². The zero-order valence-corrected chi connectivity index (χ0v) is 12.6. The summed E-state index contributed by atoms with van der Waals surface area (Å²) in [6.07, 6.45) is 8.84. The summed E-state index contributed by atoms with van der Waals surface area (Å²) in [4.78, 5) is 20.6. The molecule has 114 valence electrons. The lowest BCUT2D eigenvalue weighted by Crippen LogP contribution is -2.48. The van der Waals surface area contributed by atoms with Crippen molar-refractivity contribution in [3.63, 3.8) is 0 Å². The lowest BCUT2D eigenvalue weighted by molar-refractivity contribution is -0.126. The molecule has 0 unspecified atom stereocenters. The van der Waals surface area contributed by atoms with Crippen molar-refractivity contribution in [1.29, 1.82) is 0 Å². The number of carbonyl (C=O) groups excluding carboxylic acids is 1. The number of nitrogens with zero attached hydrogens (tertiary/aromatic N) is 5. The highest BCUT2D eigenvalue weighted by molar-refractivity contribution is 5.91. The molecule has 1 amide bonds. The molecule has 1 fully saturated rings. The summed E-state index contributed by atoms with van der Waals surface area (Å²) < 4.78 is 1.72. The van der Waals surface area contributed by atoms with E-state index in [-0.39, 0.29) is 5.91 Å². The first-order chi connectivity index (χ1) is 10.7. The van der Waals surface area contributed by atoms with Gasteiger partial charge in [-0.1, -0.05) is 6.07 Å². The number of hydrogen-bond acceptors (Lipinski definition) is 4. The fourth-order valence-electron chi connectivity index (χ4n) is 2.50. The summed E-state index contributed by atoms with van der Waals surface area (Å²) in [5.41, 5.74) is 0.933. The molecule has 22 heavy (non-hydrogen) atoms. The van der Waals surface area contributed by atoms with Crippen LogP contribution in [-0.4, -0.2) is 51.8 Å². The van der Waals surface area contributed by atoms with Crippen LogP contribution in [0, 0.1) is 0 Å². The number of rotatable bonds is 3. The smallest absolute Gasteiger partial charge is 0.246 e. The number of aryl methyl sites for hydroxylation is 1. The van der Waals surface area contributed by atoms with Crippen molar-refractivity contribution in [1.82, 2.24) is 19.7 Å². The topological polar surface area (TPSA) is 54.3 Å². The van der Waals surface area contributed by atoms with Crippen molar-refractivity contribution in [2.45, 2.75) is 0 Å². The van der Waals surface area contributed by atoms with Crippen LogP contribution < -0.4 is 4.90 Å². The lowest BCUT2D eigenvalue weighted by Gasteiger charge is -2.34. The van der Waals surface area contributed by atoms with E-state index in [9.17, 15) is 4.79 Å². The number of carbonyl (C=O) groups is 1. The molecule has 0 aromatic carbocycles. The molecule has 1 aliphatic heterocycles. The van der Waals surface area contributed by atoms with E-state index >= 15 is 0 Å². The standard InChI is InChI=1S/C16H19N5O/c1-19-13-14(12-18-19)5-6-16(22)21-10-8-20(9-11-21)15-4-2-3-7-17-15/h2-7,12-13H,8-11H2,1H3. The summed E-state index contributed by atoms with van der Waals surface area (Å²) in [5, 5.41) is 4.08. The van der Waals surface area contributed by atoms with Gasteiger partial charge in [0.25, 0.3) is 0 Å². The fraction of sp³-hybridized carbons (Fsp3) is 0.312. The molecular weight excluding hydrogens is 278 g/mol. The van der Waals surface area contributed by atoms with Gasteiger partial charge in [0.15, 0.2) is 0 Å². The largest absolute Gasteiger partial charge is 0.353 e. The Labute approximate surface area is 129 Å². The normalized spacial score (nSPS) is 15.5. The highest BCUT2D eigenvalue weighted by Crippen LogP contribution is 2.13. The summed E-state index contributed by atoms with van der Waals surface area (Å²) in [6, 6.07) is 5.89. The quantitative estimate of drug-likeness (QED) is 0.798. The van der Waals surface area contributed by atoms with E-state index in [4.69, 9.17) is 0 Å². The second-order valence-electron chi connectivity index (χ2n) is 5.28. The Bertz CT molecular complexity index is 656. The van der Waals surface area contributed by atoms with Crippen LogP contribution in [0.5, 0.6) is 0 Å². The fourth-order valence-corrected chi connectivity index (χ4v) is 2.50. The van der Waals surface area contributed by atoms with Crippen molar-refractivity contribution in [3.8, 4) is 0 Å². The molecule has 0 radical (unpaired) electrons. The Kier molecular flexibility index (Phi) is 4.18. The number of anilines is 1. The number of piperazine rings is 1. The first-order valence-electron chi connectivity index (χ1n) is 7.34. The lowest BCUT2D eigenvalue weighted by atomic mass is 10.2. The van der Waals surface area contributed by atoms with Gasteiger partial charge in [0, 0.05) is 57.3 Å². The molecule has 2 aromatic rings. The van der Waals surface area contributed by atoms with Crippen LogP contribution in [0.4, 0.5) is 5.82 Å². The van der Waals surface area contributed by atoms with Gasteiger partial charge < -0.3 is 9.80 Å². The zero-order chi connectivity index (χ0) is 15.4. The molecule has 1 aliphatic rings. The van der Waals surface area contributed by atoms with Crippen LogP contribution >= 0.6 is 0 Å². The maximum atomic E-state index is 12.2. The van der Waals surface area contributed by atoms with Gasteiger partial charge in [0.2, 0.25) is 5.91 Å². The van der Waals surface area contributed by atoms with E-state index in [0.29, 0.717) is 13.1 Å². The predicted molar refractivity (Wildman–Crippen MR) is 85.3 cm³/mol. The zero-order valence-electron chi connectivity index (χ0n) is 12.6. The number of hydrogen-bond donors (Lipinski definition) is 0. The van der Waals surface area contributed by atoms with Crippen LogP contribution in [0.15, 0.2) is 42.9 Å². The van der Waals surface area contributed by atoms with Crippen LogP contribution in [-0.2, 0) is 11.8 Å². The average Bonchev–Trinajstić information content (AvgIpc) is 2.99. The first kappa shape index (κ1) is 14.3. The SMILES string of the molecule is Cn1cc(C=CC(=O)N2CCN(c3ccccn3)CC2)cn1. The Morgan fingerprint density at radius 1 is 1.23 bits per heavy atom. The Morgan fingerprint density at radius 3 is 2.68 bits per heavy atom. The molecule has 1 saturated heterocycles. The van der Waals surface area contributed by atoms with Gasteiger partial charge >= 0.3 is 0 Å². The molecule has 0 atom stereocenters. The first-order valence-corrected chi connectivity index (χ1v) is 7.34. The molecule has 0 bridgehead atoms. The second-order valence-corrected chi connectivity index (χ2v) is 5.28. The summed E-state index contributed by atoms with van der Waals surface area (Å²) in [7, 11) is 1.86. The Balaban J connectivity index is 1.55. The second kappa shape index (κ2) is 6.43. The van der Waals surface area contributed by atoms with Gasteiger partial charge in [-0.2, -0.15) is 5.10 Å². The van der Waals surface area contributed by atoms with Crippen molar-refractivity contribution in [2.75, 3.05) is 31.1 Å². The van der Waals surface area contributed by atoms with Crippen molar-refractivity contribution in [3.05, 3.63) is 48.4 Å². The highest BCUT2D eigenvalue weighted by Gasteiger charge is 2.20. The van der Waals surface area contributed by atoms with E-state index in [1.165, 1.54) is 0 Å². The molecule has 0 spiro atoms. The predicted octanol–water partition coefficient (Wildman–Crippen LogP) is 1.18. The molecule has 0 aliphatic carbocycles. The molecule has 6 nitrogen and oxygen atoms in total. The summed E-state index contributed by atoms with van der Waals surface area (Å²) in [5.74, 6) is 1.02.